The fourth-order valence-corrected chi connectivity index (χ4v) is 1.39. The third-order valence-corrected chi connectivity index (χ3v) is 2.33. The van der Waals surface area contributed by atoms with Crippen LogP contribution in [0.2, 0.25) is 0 Å². The van der Waals surface area contributed by atoms with Crippen molar-refractivity contribution < 1.29 is 14.2 Å². The van der Waals surface area contributed by atoms with Crippen LogP contribution in [0.4, 0.5) is 5.69 Å². The molecule has 2 N–H and O–H groups in total. The van der Waals surface area contributed by atoms with Crippen LogP contribution in [0, 0.1) is 0 Å². The minimum Gasteiger partial charge on any atom is -0.475 e. The maximum absolute atomic E-state index is 5.78. The molecule has 0 aliphatic heterocycles. The van der Waals surface area contributed by atoms with E-state index in [1.807, 2.05) is 13.8 Å². The lowest BCUT2D eigenvalue weighted by Crippen LogP contribution is -2.11. The number of aromatic nitrogens is 1. The average Bonchev–Trinajstić information content (AvgIpc) is 2.37. The summed E-state index contributed by atoms with van der Waals surface area (Å²) in [5, 5.41) is 0. The van der Waals surface area contributed by atoms with Crippen LogP contribution >= 0.6 is 0 Å². The molecule has 1 rings (SSSR count). The van der Waals surface area contributed by atoms with Crippen LogP contribution in [0.1, 0.15) is 33.6 Å². The molecule has 0 bridgehead atoms. The predicted octanol–water partition coefficient (Wildman–Crippen LogP) is 2.65. The van der Waals surface area contributed by atoms with E-state index in [1.54, 1.807) is 12.1 Å². The lowest BCUT2D eigenvalue weighted by molar-refractivity contribution is 0.0960. The van der Waals surface area contributed by atoms with Crippen LogP contribution in [0.5, 0.6) is 11.8 Å². The number of hydrogen-bond acceptors (Lipinski definition) is 5. The first-order valence-corrected chi connectivity index (χ1v) is 6.77. The summed E-state index contributed by atoms with van der Waals surface area (Å²) in [6.45, 7) is 7.80. The van der Waals surface area contributed by atoms with Crippen molar-refractivity contribution in [1.29, 1.82) is 0 Å². The van der Waals surface area contributed by atoms with E-state index in [2.05, 4.69) is 11.9 Å². The highest BCUT2D eigenvalue weighted by atomic mass is 16.5. The van der Waals surface area contributed by atoms with Crippen LogP contribution in [-0.4, -0.2) is 30.9 Å². The largest absolute Gasteiger partial charge is 0.475 e. The second-order valence-electron chi connectivity index (χ2n) is 4.52. The van der Waals surface area contributed by atoms with Gasteiger partial charge in [-0.3, -0.25) is 0 Å². The first kappa shape index (κ1) is 15.6. The van der Waals surface area contributed by atoms with Gasteiger partial charge in [-0.2, -0.15) is 4.98 Å². The Balaban J connectivity index is 2.37. The van der Waals surface area contributed by atoms with Gasteiger partial charge < -0.3 is 19.9 Å². The molecule has 0 aliphatic rings. The highest BCUT2D eigenvalue weighted by Gasteiger charge is 2.07. The molecule has 0 spiro atoms. The molecule has 0 aliphatic carbocycles. The van der Waals surface area contributed by atoms with E-state index in [4.69, 9.17) is 19.9 Å². The molecule has 1 heterocycles. The van der Waals surface area contributed by atoms with Gasteiger partial charge in [-0.15, -0.1) is 0 Å². The Bertz CT molecular complexity index is 370. The van der Waals surface area contributed by atoms with E-state index in [9.17, 15) is 0 Å². The van der Waals surface area contributed by atoms with Crippen molar-refractivity contribution in [1.82, 2.24) is 4.98 Å². The van der Waals surface area contributed by atoms with Crippen molar-refractivity contribution in [2.45, 2.75) is 39.7 Å². The molecule has 5 nitrogen and oxygen atoms in total. The summed E-state index contributed by atoms with van der Waals surface area (Å²) < 4.78 is 16.4. The third-order valence-electron chi connectivity index (χ3n) is 2.33. The topological polar surface area (TPSA) is 66.6 Å². The van der Waals surface area contributed by atoms with E-state index in [0.29, 0.717) is 30.7 Å². The molecule has 19 heavy (non-hydrogen) atoms. The van der Waals surface area contributed by atoms with Crippen molar-refractivity contribution in [2.75, 3.05) is 25.6 Å². The molecule has 0 radical (unpaired) electrons. The van der Waals surface area contributed by atoms with E-state index < -0.39 is 0 Å². The zero-order valence-electron chi connectivity index (χ0n) is 12.0. The van der Waals surface area contributed by atoms with Gasteiger partial charge in [0.15, 0.2) is 0 Å². The molecular weight excluding hydrogens is 244 g/mol. The highest BCUT2D eigenvalue weighted by molar-refractivity contribution is 5.49. The van der Waals surface area contributed by atoms with Gasteiger partial charge in [0.25, 0.3) is 0 Å². The van der Waals surface area contributed by atoms with Gasteiger partial charge in [-0.25, -0.2) is 0 Å². The van der Waals surface area contributed by atoms with E-state index in [-0.39, 0.29) is 6.10 Å². The summed E-state index contributed by atoms with van der Waals surface area (Å²) >= 11 is 0. The monoisotopic (exact) mass is 268 g/mol. The highest BCUT2D eigenvalue weighted by Crippen LogP contribution is 2.23. The summed E-state index contributed by atoms with van der Waals surface area (Å²) in [5.74, 6) is 0.920. The van der Waals surface area contributed by atoms with Crippen molar-refractivity contribution in [3.05, 3.63) is 12.1 Å². The van der Waals surface area contributed by atoms with E-state index in [1.165, 1.54) is 0 Å². The van der Waals surface area contributed by atoms with E-state index >= 15 is 0 Å². The third kappa shape index (κ3) is 6.29. The number of hydrogen-bond donors (Lipinski definition) is 1. The molecule has 0 amide bonds. The molecule has 108 valence electrons. The second kappa shape index (κ2) is 8.58. The summed E-state index contributed by atoms with van der Waals surface area (Å²) in [6, 6.07) is 3.46. The Kier molecular flexibility index (Phi) is 7.03. The lowest BCUT2D eigenvalue weighted by Gasteiger charge is -2.12. The zero-order valence-corrected chi connectivity index (χ0v) is 12.0. The molecule has 0 saturated carbocycles. The summed E-state index contributed by atoms with van der Waals surface area (Å²) in [4.78, 5) is 4.22. The average molecular weight is 268 g/mol. The number of ether oxygens (including phenoxy) is 3. The van der Waals surface area contributed by atoms with Gasteiger partial charge in [0.1, 0.15) is 6.61 Å². The Hall–Kier alpha value is -1.49. The smallest absolute Gasteiger partial charge is 0.240 e. The molecule has 0 saturated heterocycles. The van der Waals surface area contributed by atoms with Gasteiger partial charge in [0, 0.05) is 12.7 Å². The quantitative estimate of drug-likeness (QED) is 0.697. The number of nitrogen functional groups attached to an aromatic ring is 1. The minimum atomic E-state index is 0.0300. The molecule has 1 aromatic heterocycles. The van der Waals surface area contributed by atoms with Gasteiger partial charge in [0.05, 0.1) is 18.4 Å². The fourth-order valence-electron chi connectivity index (χ4n) is 1.39. The van der Waals surface area contributed by atoms with Gasteiger partial charge in [-0.05, 0) is 26.3 Å². The van der Waals surface area contributed by atoms with Crippen molar-refractivity contribution in [3.63, 3.8) is 0 Å². The Morgan fingerprint density at radius 3 is 2.68 bits per heavy atom. The fraction of sp³-hybridized carbons (Fsp3) is 0.643. The van der Waals surface area contributed by atoms with Crippen LogP contribution in [0.25, 0.3) is 0 Å². The van der Waals surface area contributed by atoms with Gasteiger partial charge in [0.2, 0.25) is 11.8 Å². The maximum atomic E-state index is 5.78. The number of nitrogens with two attached hydrogens (primary N) is 1. The second-order valence-corrected chi connectivity index (χ2v) is 4.52. The normalized spacial score (nSPS) is 10.7. The van der Waals surface area contributed by atoms with Crippen molar-refractivity contribution in [2.24, 2.45) is 0 Å². The number of rotatable bonds is 9. The standard InChI is InChI=1S/C14H24N2O3/c1-4-5-8-17-9-10-18-13-7-6-12(15)14(16-13)19-11(2)3/h6-7,11H,4-5,8-10,15H2,1-3H3. The van der Waals surface area contributed by atoms with Crippen LogP contribution in [0.3, 0.4) is 0 Å². The predicted molar refractivity (Wildman–Crippen MR) is 75.6 cm³/mol. The maximum Gasteiger partial charge on any atom is 0.240 e. The number of pyridine rings is 1. The lowest BCUT2D eigenvalue weighted by atomic mass is 10.4. The van der Waals surface area contributed by atoms with Crippen molar-refractivity contribution in [3.8, 4) is 11.8 Å². The summed E-state index contributed by atoms with van der Waals surface area (Å²) in [7, 11) is 0. The van der Waals surface area contributed by atoms with Crippen LogP contribution in [0.15, 0.2) is 12.1 Å². The molecule has 1 aromatic rings. The van der Waals surface area contributed by atoms with E-state index in [0.717, 1.165) is 19.4 Å². The molecule has 0 fully saturated rings. The molecular formula is C14H24N2O3. The molecule has 5 heteroatoms. The van der Waals surface area contributed by atoms with Gasteiger partial charge in [-0.1, -0.05) is 13.3 Å². The Morgan fingerprint density at radius 2 is 2.00 bits per heavy atom. The number of anilines is 1. The number of nitrogens with zero attached hydrogens (tertiary/aromatic N) is 1. The van der Waals surface area contributed by atoms with Gasteiger partial charge >= 0.3 is 0 Å². The first-order valence-electron chi connectivity index (χ1n) is 6.77. The number of unbranched alkanes of at least 4 members (excludes halogenated alkanes) is 1. The minimum absolute atomic E-state index is 0.0300. The molecule has 0 atom stereocenters. The Labute approximate surface area is 115 Å². The SMILES string of the molecule is CCCCOCCOc1ccc(N)c(OC(C)C)n1. The van der Waals surface area contributed by atoms with Crippen molar-refractivity contribution >= 4 is 5.69 Å². The first-order chi connectivity index (χ1) is 9.13. The zero-order chi connectivity index (χ0) is 14.1. The molecule has 0 aromatic carbocycles. The van der Waals surface area contributed by atoms with Crippen LogP contribution in [-0.2, 0) is 4.74 Å². The summed E-state index contributed by atoms with van der Waals surface area (Å²) in [5.41, 5.74) is 6.29. The summed E-state index contributed by atoms with van der Waals surface area (Å²) in [6.07, 6.45) is 2.24. The Morgan fingerprint density at radius 1 is 1.21 bits per heavy atom. The molecule has 0 unspecified atom stereocenters. The van der Waals surface area contributed by atoms with Crippen LogP contribution < -0.4 is 15.2 Å².